The van der Waals surface area contributed by atoms with E-state index in [1.54, 1.807) is 24.3 Å². The lowest BCUT2D eigenvalue weighted by Crippen LogP contribution is -2.46. The van der Waals surface area contributed by atoms with Crippen LogP contribution < -0.4 is 16.6 Å². The summed E-state index contributed by atoms with van der Waals surface area (Å²) < 4.78 is 7.57. The fraction of sp³-hybridized carbons (Fsp3) is 0.304. The van der Waals surface area contributed by atoms with E-state index in [2.05, 4.69) is 10.4 Å². The molecule has 1 aromatic heterocycles. The van der Waals surface area contributed by atoms with Crippen LogP contribution in [0.3, 0.4) is 0 Å². The second-order valence-electron chi connectivity index (χ2n) is 7.75. The fourth-order valence-corrected chi connectivity index (χ4v) is 3.85. The van der Waals surface area contributed by atoms with Crippen molar-refractivity contribution in [1.29, 1.82) is 0 Å². The van der Waals surface area contributed by atoms with Crippen molar-refractivity contribution in [1.82, 2.24) is 19.7 Å². The highest BCUT2D eigenvalue weighted by atomic mass is 35.5. The van der Waals surface area contributed by atoms with Gasteiger partial charge in [0.25, 0.3) is 11.5 Å². The highest BCUT2D eigenvalue weighted by Crippen LogP contribution is 2.13. The van der Waals surface area contributed by atoms with Crippen molar-refractivity contribution in [3.8, 4) is 5.69 Å². The zero-order valence-electron chi connectivity index (χ0n) is 17.6. The number of carbonyl (C=O) groups is 1. The number of rotatable bonds is 6. The Hall–Kier alpha value is -3.23. The van der Waals surface area contributed by atoms with Gasteiger partial charge in [0, 0.05) is 18.2 Å². The monoisotopic (exact) mass is 454 g/mol. The maximum Gasteiger partial charge on any atom is 0.352 e. The van der Waals surface area contributed by atoms with Crippen LogP contribution in [0.5, 0.6) is 0 Å². The molecule has 3 aromatic rings. The molecule has 0 unspecified atom stereocenters. The molecule has 1 atom stereocenters. The third-order valence-corrected chi connectivity index (χ3v) is 5.50. The average Bonchev–Trinajstić information content (AvgIpc) is 3.29. The van der Waals surface area contributed by atoms with Crippen molar-refractivity contribution in [3.05, 3.63) is 91.2 Å². The Morgan fingerprint density at radius 2 is 2.03 bits per heavy atom. The van der Waals surface area contributed by atoms with Gasteiger partial charge in [-0.3, -0.25) is 14.2 Å². The van der Waals surface area contributed by atoms with Gasteiger partial charge in [0.2, 0.25) is 5.69 Å². The van der Waals surface area contributed by atoms with Crippen molar-refractivity contribution in [2.24, 2.45) is 0 Å². The highest BCUT2D eigenvalue weighted by molar-refractivity contribution is 6.30. The lowest BCUT2D eigenvalue weighted by molar-refractivity contribution is 0.0849. The molecule has 2 aromatic carbocycles. The summed E-state index contributed by atoms with van der Waals surface area (Å²) >= 11 is 6.09. The lowest BCUT2D eigenvalue weighted by Gasteiger charge is -2.14. The Kier molecular flexibility index (Phi) is 6.53. The SMILES string of the molecule is Cc1cccc(Cn2c(=O)c(C(=O)NC[C@@H]3CCCO3)nn(-c3cccc(Cl)c3)c2=O)c1. The van der Waals surface area contributed by atoms with Crippen LogP contribution in [-0.4, -0.2) is 39.5 Å². The Balaban J connectivity index is 1.77. The first-order valence-corrected chi connectivity index (χ1v) is 10.8. The Labute approximate surface area is 189 Å². The van der Waals surface area contributed by atoms with Crippen molar-refractivity contribution < 1.29 is 9.53 Å². The van der Waals surface area contributed by atoms with E-state index < -0.39 is 17.2 Å². The molecule has 0 bridgehead atoms. The van der Waals surface area contributed by atoms with Crippen LogP contribution in [0.25, 0.3) is 5.69 Å². The predicted octanol–water partition coefficient (Wildman–Crippen LogP) is 2.31. The van der Waals surface area contributed by atoms with Gasteiger partial charge in [-0.15, -0.1) is 0 Å². The van der Waals surface area contributed by atoms with Gasteiger partial charge in [-0.2, -0.15) is 9.78 Å². The van der Waals surface area contributed by atoms with Crippen molar-refractivity contribution in [3.63, 3.8) is 0 Å². The van der Waals surface area contributed by atoms with E-state index in [1.807, 2.05) is 31.2 Å². The van der Waals surface area contributed by atoms with Gasteiger partial charge in [-0.1, -0.05) is 47.5 Å². The first-order chi connectivity index (χ1) is 15.4. The number of hydrogen-bond donors (Lipinski definition) is 1. The maximum atomic E-state index is 13.2. The molecule has 1 aliphatic heterocycles. The number of nitrogens with one attached hydrogen (secondary N) is 1. The molecular weight excluding hydrogens is 432 g/mol. The summed E-state index contributed by atoms with van der Waals surface area (Å²) in [6.07, 6.45) is 1.68. The van der Waals surface area contributed by atoms with E-state index in [9.17, 15) is 14.4 Å². The molecule has 0 aliphatic carbocycles. The second-order valence-corrected chi connectivity index (χ2v) is 8.18. The van der Waals surface area contributed by atoms with Gasteiger partial charge in [0.15, 0.2) is 0 Å². The third-order valence-electron chi connectivity index (χ3n) is 5.27. The molecule has 32 heavy (non-hydrogen) atoms. The summed E-state index contributed by atoms with van der Waals surface area (Å²) in [7, 11) is 0. The van der Waals surface area contributed by atoms with E-state index in [0.29, 0.717) is 17.3 Å². The summed E-state index contributed by atoms with van der Waals surface area (Å²) in [6.45, 7) is 2.86. The lowest BCUT2D eigenvalue weighted by atomic mass is 10.1. The van der Waals surface area contributed by atoms with E-state index >= 15 is 0 Å². The predicted molar refractivity (Wildman–Crippen MR) is 121 cm³/mol. The Morgan fingerprint density at radius 3 is 2.75 bits per heavy atom. The van der Waals surface area contributed by atoms with E-state index in [4.69, 9.17) is 16.3 Å². The summed E-state index contributed by atoms with van der Waals surface area (Å²) in [5.74, 6) is -0.653. The number of benzene rings is 2. The largest absolute Gasteiger partial charge is 0.376 e. The Morgan fingerprint density at radius 1 is 1.22 bits per heavy atom. The minimum absolute atomic E-state index is 0.00838. The molecule has 1 amide bonds. The summed E-state index contributed by atoms with van der Waals surface area (Å²) in [6, 6.07) is 14.0. The normalized spacial score (nSPS) is 15.6. The molecule has 0 radical (unpaired) electrons. The zero-order chi connectivity index (χ0) is 22.7. The number of nitrogens with zero attached hydrogens (tertiary/aromatic N) is 3. The number of halogens is 1. The van der Waals surface area contributed by atoms with Crippen molar-refractivity contribution in [2.45, 2.75) is 32.4 Å². The molecular formula is C23H23ClN4O4. The summed E-state index contributed by atoms with van der Waals surface area (Å²) in [5, 5.41) is 7.22. The van der Waals surface area contributed by atoms with Crippen molar-refractivity contribution in [2.75, 3.05) is 13.2 Å². The van der Waals surface area contributed by atoms with E-state index in [-0.39, 0.29) is 24.9 Å². The third kappa shape index (κ3) is 4.81. The number of carbonyl (C=O) groups excluding carboxylic acids is 1. The first kappa shape index (κ1) is 22.0. The molecule has 1 N–H and O–H groups in total. The number of aromatic nitrogens is 3. The van der Waals surface area contributed by atoms with Gasteiger partial charge in [0.05, 0.1) is 18.3 Å². The van der Waals surface area contributed by atoms with Crippen LogP contribution in [0.2, 0.25) is 5.02 Å². The molecule has 4 rings (SSSR count). The maximum absolute atomic E-state index is 13.2. The van der Waals surface area contributed by atoms with Gasteiger partial charge in [-0.25, -0.2) is 4.79 Å². The van der Waals surface area contributed by atoms with E-state index in [0.717, 1.165) is 33.2 Å². The van der Waals surface area contributed by atoms with Crippen LogP contribution in [0.15, 0.2) is 58.1 Å². The summed E-state index contributed by atoms with van der Waals surface area (Å²) in [5.41, 5.74) is 0.339. The molecule has 0 saturated carbocycles. The quantitative estimate of drug-likeness (QED) is 0.616. The first-order valence-electron chi connectivity index (χ1n) is 10.4. The van der Waals surface area contributed by atoms with Crippen LogP contribution in [-0.2, 0) is 11.3 Å². The molecule has 1 aliphatic rings. The average molecular weight is 455 g/mol. The molecule has 9 heteroatoms. The molecule has 166 valence electrons. The van der Waals surface area contributed by atoms with E-state index in [1.165, 1.54) is 0 Å². The van der Waals surface area contributed by atoms with Gasteiger partial charge >= 0.3 is 5.69 Å². The molecule has 0 spiro atoms. The number of amides is 1. The topological polar surface area (TPSA) is 95.2 Å². The summed E-state index contributed by atoms with van der Waals surface area (Å²) in [4.78, 5) is 39.2. The number of ether oxygens (including phenoxy) is 1. The van der Waals surface area contributed by atoms with Crippen LogP contribution in [0.4, 0.5) is 0 Å². The fourth-order valence-electron chi connectivity index (χ4n) is 3.66. The van der Waals surface area contributed by atoms with Crippen LogP contribution >= 0.6 is 11.6 Å². The number of hydrogen-bond acceptors (Lipinski definition) is 5. The van der Waals surface area contributed by atoms with Gasteiger partial charge in [-0.05, 0) is 43.5 Å². The highest BCUT2D eigenvalue weighted by Gasteiger charge is 2.22. The van der Waals surface area contributed by atoms with Crippen LogP contribution in [0, 0.1) is 6.92 Å². The second kappa shape index (κ2) is 9.50. The standard InChI is InChI=1S/C23H23ClN4O4/c1-15-5-2-6-16(11-15)14-27-22(30)20(21(29)25-13-19-9-4-10-32-19)26-28(23(27)31)18-8-3-7-17(24)12-18/h2-3,5-8,11-12,19H,4,9-10,13-14H2,1H3,(H,25,29)/t19-/m0/s1. The van der Waals surface area contributed by atoms with Crippen molar-refractivity contribution >= 4 is 17.5 Å². The smallest absolute Gasteiger partial charge is 0.352 e. The van der Waals surface area contributed by atoms with Gasteiger partial charge < -0.3 is 10.1 Å². The molecule has 2 heterocycles. The Bertz CT molecular complexity index is 1260. The minimum atomic E-state index is -0.750. The molecule has 8 nitrogen and oxygen atoms in total. The van der Waals surface area contributed by atoms with Crippen LogP contribution in [0.1, 0.15) is 34.5 Å². The minimum Gasteiger partial charge on any atom is -0.376 e. The molecule has 1 fully saturated rings. The molecule has 1 saturated heterocycles. The zero-order valence-corrected chi connectivity index (χ0v) is 18.3. The van der Waals surface area contributed by atoms with Gasteiger partial charge in [0.1, 0.15) is 0 Å². The number of aryl methyl sites for hydroxylation is 1.